The van der Waals surface area contributed by atoms with E-state index in [2.05, 4.69) is 6.92 Å². The van der Waals surface area contributed by atoms with Crippen LogP contribution < -0.4 is 5.73 Å². The lowest BCUT2D eigenvalue weighted by atomic mass is 9.94. The highest BCUT2D eigenvalue weighted by atomic mass is 32.2. The summed E-state index contributed by atoms with van der Waals surface area (Å²) in [6, 6.07) is 0. The van der Waals surface area contributed by atoms with Gasteiger partial charge in [-0.05, 0) is 37.5 Å². The van der Waals surface area contributed by atoms with E-state index in [0.717, 1.165) is 25.7 Å². The van der Waals surface area contributed by atoms with Crippen LogP contribution in [0.4, 0.5) is 0 Å². The van der Waals surface area contributed by atoms with Crippen molar-refractivity contribution >= 4 is 16.1 Å². The maximum Gasteiger partial charge on any atom is 0.281 e. The Balaban J connectivity index is 1.93. The van der Waals surface area contributed by atoms with Gasteiger partial charge in [0, 0.05) is 32.6 Å². The number of hydrogen-bond donors (Lipinski definition) is 1. The average Bonchev–Trinajstić information content (AvgIpc) is 2.38. The predicted octanol–water partition coefficient (Wildman–Crippen LogP) is 0.551. The first-order valence-electron chi connectivity index (χ1n) is 7.43. The normalized spacial score (nSPS) is 27.6. The molecule has 2 fully saturated rings. The Labute approximate surface area is 121 Å². The van der Waals surface area contributed by atoms with Gasteiger partial charge in [-0.15, -0.1) is 0 Å². The highest BCUT2D eigenvalue weighted by molar-refractivity contribution is 7.86. The molecule has 0 radical (unpaired) electrons. The van der Waals surface area contributed by atoms with Gasteiger partial charge in [0.2, 0.25) is 5.91 Å². The van der Waals surface area contributed by atoms with E-state index >= 15 is 0 Å². The van der Waals surface area contributed by atoms with Crippen molar-refractivity contribution in [3.63, 3.8) is 0 Å². The third kappa shape index (κ3) is 3.71. The summed E-state index contributed by atoms with van der Waals surface area (Å²) in [4.78, 5) is 10.9. The molecular formula is C13H25N3O3S. The molecule has 0 aromatic carbocycles. The van der Waals surface area contributed by atoms with E-state index in [0.29, 0.717) is 38.5 Å². The van der Waals surface area contributed by atoms with Crippen LogP contribution in [0, 0.1) is 11.8 Å². The van der Waals surface area contributed by atoms with Gasteiger partial charge >= 0.3 is 0 Å². The minimum absolute atomic E-state index is 0.235. The fourth-order valence-corrected chi connectivity index (χ4v) is 4.95. The van der Waals surface area contributed by atoms with Gasteiger partial charge in [-0.25, -0.2) is 0 Å². The van der Waals surface area contributed by atoms with Gasteiger partial charge in [0.05, 0.1) is 0 Å². The number of nitrogens with zero attached hydrogens (tertiary/aromatic N) is 2. The highest BCUT2D eigenvalue weighted by Crippen LogP contribution is 2.26. The van der Waals surface area contributed by atoms with Crippen LogP contribution in [0.15, 0.2) is 0 Å². The lowest BCUT2D eigenvalue weighted by Gasteiger charge is -2.37. The second-order valence-corrected chi connectivity index (χ2v) is 8.05. The van der Waals surface area contributed by atoms with Crippen LogP contribution in [0.25, 0.3) is 0 Å². The fourth-order valence-electron chi connectivity index (χ4n) is 3.15. The Morgan fingerprint density at radius 2 is 1.80 bits per heavy atom. The van der Waals surface area contributed by atoms with Crippen molar-refractivity contribution in [2.24, 2.45) is 17.6 Å². The van der Waals surface area contributed by atoms with Crippen LogP contribution >= 0.6 is 0 Å². The summed E-state index contributed by atoms with van der Waals surface area (Å²) in [6.07, 6.45) is 3.87. The second kappa shape index (κ2) is 6.41. The molecule has 0 saturated carbocycles. The molecule has 1 atom stereocenters. The molecule has 1 unspecified atom stereocenters. The number of carbonyl (C=O) groups excluding carboxylic acids is 1. The molecule has 2 heterocycles. The average molecular weight is 303 g/mol. The van der Waals surface area contributed by atoms with Crippen molar-refractivity contribution in [3.8, 4) is 0 Å². The van der Waals surface area contributed by atoms with E-state index in [4.69, 9.17) is 5.73 Å². The number of hydrogen-bond acceptors (Lipinski definition) is 3. The zero-order valence-electron chi connectivity index (χ0n) is 12.1. The van der Waals surface area contributed by atoms with Crippen LogP contribution in [0.5, 0.6) is 0 Å². The van der Waals surface area contributed by atoms with Crippen LogP contribution in [0.3, 0.4) is 0 Å². The summed E-state index contributed by atoms with van der Waals surface area (Å²) < 4.78 is 28.3. The molecule has 0 aromatic heterocycles. The fraction of sp³-hybridized carbons (Fsp3) is 0.923. The van der Waals surface area contributed by atoms with Gasteiger partial charge in [0.25, 0.3) is 10.2 Å². The quantitative estimate of drug-likeness (QED) is 0.823. The Morgan fingerprint density at radius 3 is 2.35 bits per heavy atom. The Kier molecular flexibility index (Phi) is 5.04. The zero-order valence-corrected chi connectivity index (χ0v) is 12.9. The number of carbonyl (C=O) groups is 1. The van der Waals surface area contributed by atoms with E-state index in [-0.39, 0.29) is 11.8 Å². The van der Waals surface area contributed by atoms with Crippen molar-refractivity contribution in [1.82, 2.24) is 8.61 Å². The SMILES string of the molecule is CC1CCCN(S(=O)(=O)N2CCC(CC(N)=O)CC2)C1. The molecule has 20 heavy (non-hydrogen) atoms. The predicted molar refractivity (Wildman–Crippen MR) is 77.0 cm³/mol. The van der Waals surface area contributed by atoms with Crippen LogP contribution in [0.2, 0.25) is 0 Å². The van der Waals surface area contributed by atoms with Crippen molar-refractivity contribution < 1.29 is 13.2 Å². The van der Waals surface area contributed by atoms with Gasteiger partial charge in [0.15, 0.2) is 0 Å². The maximum absolute atomic E-state index is 12.6. The molecule has 0 bridgehead atoms. The largest absolute Gasteiger partial charge is 0.370 e. The molecule has 6 nitrogen and oxygen atoms in total. The zero-order chi connectivity index (χ0) is 14.8. The lowest BCUT2D eigenvalue weighted by molar-refractivity contribution is -0.119. The number of piperidine rings is 2. The summed E-state index contributed by atoms with van der Waals surface area (Å²) in [7, 11) is -3.32. The van der Waals surface area contributed by atoms with Gasteiger partial charge in [0.1, 0.15) is 0 Å². The third-order valence-electron chi connectivity index (χ3n) is 4.34. The standard InChI is InChI=1S/C13H25N3O3S/c1-11-3-2-6-16(10-11)20(18,19)15-7-4-12(5-8-15)9-13(14)17/h11-12H,2-10H2,1H3,(H2,14,17). The van der Waals surface area contributed by atoms with E-state index in [1.165, 1.54) is 0 Å². The Morgan fingerprint density at radius 1 is 1.15 bits per heavy atom. The monoisotopic (exact) mass is 303 g/mol. The van der Waals surface area contributed by atoms with E-state index < -0.39 is 10.2 Å². The summed E-state index contributed by atoms with van der Waals surface area (Å²) in [5.74, 6) is 0.376. The number of amides is 1. The molecule has 1 amide bonds. The second-order valence-electron chi connectivity index (χ2n) is 6.13. The molecule has 2 rings (SSSR count). The van der Waals surface area contributed by atoms with Crippen LogP contribution in [-0.4, -0.2) is 49.1 Å². The molecular weight excluding hydrogens is 278 g/mol. The molecule has 7 heteroatoms. The van der Waals surface area contributed by atoms with Gasteiger partial charge < -0.3 is 5.73 Å². The van der Waals surface area contributed by atoms with Crippen molar-refractivity contribution in [2.45, 2.75) is 39.0 Å². The van der Waals surface area contributed by atoms with E-state index in [1.54, 1.807) is 8.61 Å². The smallest absolute Gasteiger partial charge is 0.281 e. The number of primary amides is 1. The molecule has 2 aliphatic rings. The summed E-state index contributed by atoms with van der Waals surface area (Å²) in [5, 5.41) is 0. The summed E-state index contributed by atoms with van der Waals surface area (Å²) in [5.41, 5.74) is 5.20. The lowest BCUT2D eigenvalue weighted by Crippen LogP contribution is -2.50. The first-order chi connectivity index (χ1) is 9.39. The van der Waals surface area contributed by atoms with Crippen molar-refractivity contribution in [3.05, 3.63) is 0 Å². The molecule has 0 spiro atoms. The van der Waals surface area contributed by atoms with Crippen LogP contribution in [-0.2, 0) is 15.0 Å². The van der Waals surface area contributed by atoms with Crippen molar-refractivity contribution in [2.75, 3.05) is 26.2 Å². The topological polar surface area (TPSA) is 83.7 Å². The maximum atomic E-state index is 12.6. The first kappa shape index (κ1) is 15.7. The van der Waals surface area contributed by atoms with Crippen LogP contribution in [0.1, 0.15) is 39.0 Å². The van der Waals surface area contributed by atoms with Crippen molar-refractivity contribution in [1.29, 1.82) is 0 Å². The molecule has 0 aromatic rings. The molecule has 116 valence electrons. The van der Waals surface area contributed by atoms with E-state index in [9.17, 15) is 13.2 Å². The van der Waals surface area contributed by atoms with Gasteiger partial charge in [-0.3, -0.25) is 4.79 Å². The number of rotatable bonds is 4. The van der Waals surface area contributed by atoms with Gasteiger partial charge in [-0.2, -0.15) is 17.0 Å². The first-order valence-corrected chi connectivity index (χ1v) is 8.83. The third-order valence-corrected chi connectivity index (χ3v) is 6.34. The minimum Gasteiger partial charge on any atom is -0.370 e. The summed E-state index contributed by atoms with van der Waals surface area (Å²) in [6.45, 7) is 4.37. The highest BCUT2D eigenvalue weighted by Gasteiger charge is 2.34. The number of nitrogens with two attached hydrogens (primary N) is 1. The Hall–Kier alpha value is -0.660. The van der Waals surface area contributed by atoms with E-state index in [1.807, 2.05) is 0 Å². The Bertz CT molecular complexity index is 444. The molecule has 2 aliphatic heterocycles. The molecule has 2 N–H and O–H groups in total. The minimum atomic E-state index is -3.32. The molecule has 2 saturated heterocycles. The van der Waals surface area contributed by atoms with Gasteiger partial charge in [-0.1, -0.05) is 6.92 Å². The summed E-state index contributed by atoms with van der Waals surface area (Å²) >= 11 is 0. The molecule has 0 aliphatic carbocycles.